The summed E-state index contributed by atoms with van der Waals surface area (Å²) in [6.07, 6.45) is 5.34. The molecule has 0 amide bonds. The summed E-state index contributed by atoms with van der Waals surface area (Å²) in [5, 5.41) is 7.82. The zero-order valence-corrected chi connectivity index (χ0v) is 10.1. The quantitative estimate of drug-likeness (QED) is 0.825. The van der Waals surface area contributed by atoms with E-state index in [0.717, 1.165) is 24.7 Å². The van der Waals surface area contributed by atoms with E-state index in [1.165, 1.54) is 5.56 Å². The number of aromatic nitrogens is 4. The number of fused-ring (bicyclic) bond motifs is 1. The summed E-state index contributed by atoms with van der Waals surface area (Å²) >= 11 is 0. The maximum atomic E-state index is 5.55. The zero-order valence-electron chi connectivity index (χ0n) is 10.1. The van der Waals surface area contributed by atoms with E-state index in [4.69, 9.17) is 5.73 Å². The lowest BCUT2D eigenvalue weighted by molar-refractivity contribution is 0.476. The highest BCUT2D eigenvalue weighted by Gasteiger charge is 2.23. The highest BCUT2D eigenvalue weighted by atomic mass is 15.4. The topological polar surface area (TPSA) is 81.7 Å². The van der Waals surface area contributed by atoms with Gasteiger partial charge in [0, 0.05) is 25.4 Å². The van der Waals surface area contributed by atoms with E-state index >= 15 is 0 Å². The molecule has 0 saturated heterocycles. The van der Waals surface area contributed by atoms with Crippen LogP contribution in [0.5, 0.6) is 0 Å². The van der Waals surface area contributed by atoms with Gasteiger partial charge in [-0.05, 0) is 30.7 Å². The van der Waals surface area contributed by atoms with Gasteiger partial charge in [-0.25, -0.2) is 4.68 Å². The number of nitrogens with zero attached hydrogens (tertiary/aromatic N) is 4. The first-order valence-electron chi connectivity index (χ1n) is 6.18. The average molecular weight is 244 g/mol. The minimum absolute atomic E-state index is 0.239. The average Bonchev–Trinajstić information content (AvgIpc) is 2.82. The number of nitrogens with one attached hydrogen (secondary N) is 1. The summed E-state index contributed by atoms with van der Waals surface area (Å²) < 4.78 is 1.96. The van der Waals surface area contributed by atoms with Crippen molar-refractivity contribution >= 4 is 5.95 Å². The van der Waals surface area contributed by atoms with E-state index < -0.39 is 0 Å². The highest BCUT2D eigenvalue weighted by molar-refractivity contribution is 5.32. The fourth-order valence-electron chi connectivity index (χ4n) is 2.28. The predicted molar refractivity (Wildman–Crippen MR) is 68.3 cm³/mol. The zero-order chi connectivity index (χ0) is 12.4. The van der Waals surface area contributed by atoms with Gasteiger partial charge in [0.2, 0.25) is 5.95 Å². The molecule has 0 bridgehead atoms. The van der Waals surface area contributed by atoms with E-state index in [1.54, 1.807) is 0 Å². The number of rotatable bonds is 3. The van der Waals surface area contributed by atoms with Gasteiger partial charge in [0.25, 0.3) is 0 Å². The molecule has 1 aliphatic heterocycles. The van der Waals surface area contributed by atoms with Gasteiger partial charge in [0.05, 0.1) is 6.04 Å². The van der Waals surface area contributed by atoms with Crippen LogP contribution in [0.4, 0.5) is 5.95 Å². The van der Waals surface area contributed by atoms with E-state index in [-0.39, 0.29) is 6.04 Å². The van der Waals surface area contributed by atoms with Crippen LogP contribution >= 0.6 is 0 Å². The van der Waals surface area contributed by atoms with Crippen LogP contribution in [0.2, 0.25) is 0 Å². The van der Waals surface area contributed by atoms with E-state index in [1.807, 2.05) is 29.2 Å². The fourth-order valence-corrected chi connectivity index (χ4v) is 2.28. The number of anilines is 1. The van der Waals surface area contributed by atoms with Gasteiger partial charge in [-0.1, -0.05) is 0 Å². The van der Waals surface area contributed by atoms with E-state index in [0.29, 0.717) is 13.0 Å². The van der Waals surface area contributed by atoms with Crippen molar-refractivity contribution in [1.82, 2.24) is 19.7 Å². The predicted octanol–water partition coefficient (Wildman–Crippen LogP) is 0.579. The molecule has 3 N–H and O–H groups in total. The summed E-state index contributed by atoms with van der Waals surface area (Å²) in [5.41, 5.74) is 6.77. The van der Waals surface area contributed by atoms with Crippen LogP contribution in [-0.2, 0) is 6.42 Å². The van der Waals surface area contributed by atoms with E-state index in [2.05, 4.69) is 20.4 Å². The maximum absolute atomic E-state index is 5.55. The molecule has 1 atom stereocenters. The van der Waals surface area contributed by atoms with Gasteiger partial charge in [0.1, 0.15) is 0 Å². The summed E-state index contributed by atoms with van der Waals surface area (Å²) in [6.45, 7) is 1.48. The molecule has 2 aromatic rings. The number of pyridine rings is 1. The SMILES string of the molecule is NCCc1nc2n(n1)C(c1ccncc1)CCN2. The maximum Gasteiger partial charge on any atom is 0.221 e. The summed E-state index contributed by atoms with van der Waals surface area (Å²) in [4.78, 5) is 8.51. The molecular weight excluding hydrogens is 228 g/mol. The molecule has 6 heteroatoms. The van der Waals surface area contributed by atoms with Crippen LogP contribution in [0.15, 0.2) is 24.5 Å². The molecule has 3 heterocycles. The third kappa shape index (κ3) is 1.95. The van der Waals surface area contributed by atoms with Gasteiger partial charge >= 0.3 is 0 Å². The lowest BCUT2D eigenvalue weighted by atomic mass is 10.0. The number of hydrogen-bond donors (Lipinski definition) is 2. The third-order valence-corrected chi connectivity index (χ3v) is 3.13. The van der Waals surface area contributed by atoms with Crippen LogP contribution in [0.1, 0.15) is 23.9 Å². The van der Waals surface area contributed by atoms with Crippen molar-refractivity contribution in [1.29, 1.82) is 0 Å². The fraction of sp³-hybridized carbons (Fsp3) is 0.417. The molecule has 1 unspecified atom stereocenters. The molecule has 94 valence electrons. The summed E-state index contributed by atoms with van der Waals surface area (Å²) in [6, 6.07) is 4.30. The van der Waals surface area contributed by atoms with Crippen LogP contribution in [0, 0.1) is 0 Å². The Morgan fingerprint density at radius 1 is 1.39 bits per heavy atom. The monoisotopic (exact) mass is 244 g/mol. The molecule has 0 fully saturated rings. The second-order valence-corrected chi connectivity index (χ2v) is 4.35. The van der Waals surface area contributed by atoms with Crippen molar-refractivity contribution in [3.05, 3.63) is 35.9 Å². The first-order chi connectivity index (χ1) is 8.88. The molecule has 2 aromatic heterocycles. The molecular formula is C12H16N6. The highest BCUT2D eigenvalue weighted by Crippen LogP contribution is 2.27. The van der Waals surface area contributed by atoms with E-state index in [9.17, 15) is 0 Å². The Morgan fingerprint density at radius 2 is 2.22 bits per heavy atom. The van der Waals surface area contributed by atoms with Crippen molar-refractivity contribution in [2.24, 2.45) is 5.73 Å². The number of nitrogens with two attached hydrogens (primary N) is 1. The lowest BCUT2D eigenvalue weighted by Crippen LogP contribution is -2.24. The van der Waals surface area contributed by atoms with Crippen molar-refractivity contribution < 1.29 is 0 Å². The van der Waals surface area contributed by atoms with Crippen molar-refractivity contribution in [2.45, 2.75) is 18.9 Å². The summed E-state index contributed by atoms with van der Waals surface area (Å²) in [7, 11) is 0. The minimum Gasteiger partial charge on any atom is -0.354 e. The van der Waals surface area contributed by atoms with Crippen LogP contribution in [0.25, 0.3) is 0 Å². The lowest BCUT2D eigenvalue weighted by Gasteiger charge is -2.24. The normalized spacial score (nSPS) is 18.2. The Balaban J connectivity index is 1.96. The van der Waals surface area contributed by atoms with Crippen molar-refractivity contribution in [3.8, 4) is 0 Å². The molecule has 6 nitrogen and oxygen atoms in total. The summed E-state index contributed by atoms with van der Waals surface area (Å²) in [5.74, 6) is 1.65. The van der Waals surface area contributed by atoms with Crippen molar-refractivity contribution in [3.63, 3.8) is 0 Å². The van der Waals surface area contributed by atoms with Crippen LogP contribution in [-0.4, -0.2) is 32.8 Å². The second-order valence-electron chi connectivity index (χ2n) is 4.35. The molecule has 3 rings (SSSR count). The third-order valence-electron chi connectivity index (χ3n) is 3.13. The van der Waals surface area contributed by atoms with Gasteiger partial charge in [-0.3, -0.25) is 4.98 Å². The van der Waals surface area contributed by atoms with Crippen LogP contribution in [0.3, 0.4) is 0 Å². The molecule has 1 aliphatic rings. The molecule has 18 heavy (non-hydrogen) atoms. The Morgan fingerprint density at radius 3 is 3.00 bits per heavy atom. The molecule has 0 aromatic carbocycles. The van der Waals surface area contributed by atoms with Gasteiger partial charge < -0.3 is 11.1 Å². The van der Waals surface area contributed by atoms with Gasteiger partial charge in [-0.15, -0.1) is 0 Å². The Bertz CT molecular complexity index is 521. The standard InChI is InChI=1S/C12H16N6/c13-5-1-11-16-12-15-8-4-10(18(12)17-11)9-2-6-14-7-3-9/h2-3,6-7,10H,1,4-5,8,13H2,(H,15,16,17). The molecule has 0 spiro atoms. The Hall–Kier alpha value is -1.95. The smallest absolute Gasteiger partial charge is 0.221 e. The molecule has 0 saturated carbocycles. The molecule has 0 aliphatic carbocycles. The number of hydrogen-bond acceptors (Lipinski definition) is 5. The van der Waals surface area contributed by atoms with Crippen molar-refractivity contribution in [2.75, 3.05) is 18.4 Å². The first-order valence-corrected chi connectivity index (χ1v) is 6.18. The second kappa shape index (κ2) is 4.73. The largest absolute Gasteiger partial charge is 0.354 e. The van der Waals surface area contributed by atoms with Gasteiger partial charge in [-0.2, -0.15) is 10.1 Å². The van der Waals surface area contributed by atoms with Crippen LogP contribution < -0.4 is 11.1 Å². The first kappa shape index (κ1) is 11.2. The Kier molecular flexibility index (Phi) is 2.93. The molecule has 0 radical (unpaired) electrons. The minimum atomic E-state index is 0.239. The Labute approximate surface area is 105 Å². The van der Waals surface area contributed by atoms with Gasteiger partial charge in [0.15, 0.2) is 5.82 Å².